The standard InChI is InChI=1S/C12H12F3N3/c1-7(17-9-5-16-18(2)6-9)8-3-10(13)12(15)11(14)4-8/h3-7,17H,1-2H3. The highest BCUT2D eigenvalue weighted by atomic mass is 19.2. The van der Waals surface area contributed by atoms with Crippen LogP contribution in [0.5, 0.6) is 0 Å². The van der Waals surface area contributed by atoms with Gasteiger partial charge in [-0.3, -0.25) is 4.68 Å². The van der Waals surface area contributed by atoms with Gasteiger partial charge in [0.05, 0.1) is 11.9 Å². The zero-order chi connectivity index (χ0) is 13.3. The van der Waals surface area contributed by atoms with Gasteiger partial charge in [-0.15, -0.1) is 0 Å². The maximum atomic E-state index is 13.1. The van der Waals surface area contributed by atoms with Crippen LogP contribution in [0.4, 0.5) is 18.9 Å². The summed E-state index contributed by atoms with van der Waals surface area (Å²) >= 11 is 0. The van der Waals surface area contributed by atoms with E-state index in [2.05, 4.69) is 10.4 Å². The molecule has 0 aliphatic heterocycles. The molecule has 2 aromatic rings. The van der Waals surface area contributed by atoms with Crippen molar-refractivity contribution in [2.75, 3.05) is 5.32 Å². The molecule has 0 aliphatic rings. The fraction of sp³-hybridized carbons (Fsp3) is 0.250. The first kappa shape index (κ1) is 12.5. The fourth-order valence-electron chi connectivity index (χ4n) is 1.65. The molecule has 0 saturated carbocycles. The SMILES string of the molecule is CC(Nc1cnn(C)c1)c1cc(F)c(F)c(F)c1. The molecule has 96 valence electrons. The van der Waals surface area contributed by atoms with Crippen LogP contribution >= 0.6 is 0 Å². The molecule has 1 atom stereocenters. The minimum Gasteiger partial charge on any atom is -0.376 e. The number of nitrogens with one attached hydrogen (secondary N) is 1. The van der Waals surface area contributed by atoms with Gasteiger partial charge in [0.15, 0.2) is 17.5 Å². The first-order valence-electron chi connectivity index (χ1n) is 5.37. The normalized spacial score (nSPS) is 12.5. The Hall–Kier alpha value is -1.98. The van der Waals surface area contributed by atoms with E-state index in [9.17, 15) is 13.2 Å². The van der Waals surface area contributed by atoms with Crippen molar-refractivity contribution in [1.82, 2.24) is 9.78 Å². The number of aryl methyl sites for hydroxylation is 1. The van der Waals surface area contributed by atoms with Crippen molar-refractivity contribution in [2.45, 2.75) is 13.0 Å². The van der Waals surface area contributed by atoms with Gasteiger partial charge in [0, 0.05) is 19.3 Å². The summed E-state index contributed by atoms with van der Waals surface area (Å²) in [6, 6.07) is 1.60. The summed E-state index contributed by atoms with van der Waals surface area (Å²) in [5.74, 6) is -3.83. The lowest BCUT2D eigenvalue weighted by molar-refractivity contribution is 0.444. The number of hydrogen-bond acceptors (Lipinski definition) is 2. The van der Waals surface area contributed by atoms with Crippen molar-refractivity contribution in [3.8, 4) is 0 Å². The van der Waals surface area contributed by atoms with Gasteiger partial charge in [-0.2, -0.15) is 5.10 Å². The third-order valence-corrected chi connectivity index (χ3v) is 2.59. The van der Waals surface area contributed by atoms with Gasteiger partial charge < -0.3 is 5.32 Å². The first-order chi connectivity index (χ1) is 8.47. The van der Waals surface area contributed by atoms with E-state index >= 15 is 0 Å². The van der Waals surface area contributed by atoms with E-state index in [0.29, 0.717) is 5.56 Å². The molecule has 1 heterocycles. The second-order valence-electron chi connectivity index (χ2n) is 4.07. The van der Waals surface area contributed by atoms with Crippen LogP contribution in [0.15, 0.2) is 24.5 Å². The Labute approximate surface area is 102 Å². The molecule has 0 spiro atoms. The zero-order valence-corrected chi connectivity index (χ0v) is 9.92. The molecule has 3 nitrogen and oxygen atoms in total. The number of nitrogens with zero attached hydrogens (tertiary/aromatic N) is 2. The molecule has 0 fully saturated rings. The Balaban J connectivity index is 2.21. The molecular formula is C12H12F3N3. The lowest BCUT2D eigenvalue weighted by Gasteiger charge is -2.14. The first-order valence-corrected chi connectivity index (χ1v) is 5.37. The van der Waals surface area contributed by atoms with Gasteiger partial charge in [0.1, 0.15) is 0 Å². The van der Waals surface area contributed by atoms with E-state index in [4.69, 9.17) is 0 Å². The van der Waals surface area contributed by atoms with Crippen molar-refractivity contribution in [3.05, 3.63) is 47.5 Å². The largest absolute Gasteiger partial charge is 0.376 e. The predicted molar refractivity (Wildman–Crippen MR) is 61.6 cm³/mol. The van der Waals surface area contributed by atoms with Crippen LogP contribution in [0.2, 0.25) is 0 Å². The van der Waals surface area contributed by atoms with Crippen molar-refractivity contribution in [1.29, 1.82) is 0 Å². The molecular weight excluding hydrogens is 243 g/mol. The van der Waals surface area contributed by atoms with Crippen LogP contribution in [0, 0.1) is 17.5 Å². The van der Waals surface area contributed by atoms with E-state index in [1.807, 2.05) is 0 Å². The topological polar surface area (TPSA) is 29.9 Å². The fourth-order valence-corrected chi connectivity index (χ4v) is 1.65. The van der Waals surface area contributed by atoms with Crippen LogP contribution < -0.4 is 5.32 Å². The summed E-state index contributed by atoms with van der Waals surface area (Å²) in [6.45, 7) is 1.72. The van der Waals surface area contributed by atoms with E-state index in [1.165, 1.54) is 0 Å². The monoisotopic (exact) mass is 255 g/mol. The molecule has 6 heteroatoms. The molecule has 0 amide bonds. The Morgan fingerprint density at radius 1 is 1.22 bits per heavy atom. The third-order valence-electron chi connectivity index (χ3n) is 2.59. The summed E-state index contributed by atoms with van der Waals surface area (Å²) in [7, 11) is 1.76. The summed E-state index contributed by atoms with van der Waals surface area (Å²) in [6.07, 6.45) is 3.32. The average molecular weight is 255 g/mol. The van der Waals surface area contributed by atoms with Gasteiger partial charge in [-0.1, -0.05) is 0 Å². The highest BCUT2D eigenvalue weighted by Crippen LogP contribution is 2.22. The van der Waals surface area contributed by atoms with E-state index in [-0.39, 0.29) is 6.04 Å². The number of halogens is 3. The second kappa shape index (κ2) is 4.72. The molecule has 0 aliphatic carbocycles. The van der Waals surface area contributed by atoms with Gasteiger partial charge in [0.2, 0.25) is 0 Å². The summed E-state index contributed by atoms with van der Waals surface area (Å²) in [5.41, 5.74) is 1.05. The molecule has 1 aromatic carbocycles. The van der Waals surface area contributed by atoms with Crippen molar-refractivity contribution in [3.63, 3.8) is 0 Å². The Morgan fingerprint density at radius 2 is 1.83 bits per heavy atom. The Kier molecular flexibility index (Phi) is 3.27. The number of benzene rings is 1. The Morgan fingerprint density at radius 3 is 2.33 bits per heavy atom. The number of aromatic nitrogens is 2. The molecule has 18 heavy (non-hydrogen) atoms. The summed E-state index contributed by atoms with van der Waals surface area (Å²) < 4.78 is 40.6. The molecule has 1 unspecified atom stereocenters. The summed E-state index contributed by atoms with van der Waals surface area (Å²) in [4.78, 5) is 0. The predicted octanol–water partition coefficient (Wildman–Crippen LogP) is 3.01. The van der Waals surface area contributed by atoms with Crippen molar-refractivity contribution in [2.24, 2.45) is 7.05 Å². The van der Waals surface area contributed by atoms with E-state index in [0.717, 1.165) is 17.8 Å². The van der Waals surface area contributed by atoms with Crippen LogP contribution in [0.25, 0.3) is 0 Å². The average Bonchev–Trinajstić information content (AvgIpc) is 2.71. The van der Waals surface area contributed by atoms with Gasteiger partial charge in [-0.25, -0.2) is 13.2 Å². The van der Waals surface area contributed by atoms with Crippen LogP contribution in [0.3, 0.4) is 0 Å². The highest BCUT2D eigenvalue weighted by molar-refractivity contribution is 5.41. The van der Waals surface area contributed by atoms with Crippen LogP contribution in [0.1, 0.15) is 18.5 Å². The minimum absolute atomic E-state index is 0.329. The number of hydrogen-bond donors (Lipinski definition) is 1. The molecule has 0 saturated heterocycles. The highest BCUT2D eigenvalue weighted by Gasteiger charge is 2.14. The molecule has 2 rings (SSSR count). The van der Waals surface area contributed by atoms with Gasteiger partial charge in [-0.05, 0) is 24.6 Å². The maximum Gasteiger partial charge on any atom is 0.194 e. The van der Waals surface area contributed by atoms with E-state index in [1.54, 1.807) is 31.0 Å². The Bertz CT molecular complexity index is 542. The number of anilines is 1. The van der Waals surface area contributed by atoms with Crippen molar-refractivity contribution >= 4 is 5.69 Å². The molecule has 1 N–H and O–H groups in total. The maximum absolute atomic E-state index is 13.1. The van der Waals surface area contributed by atoms with Crippen LogP contribution in [-0.4, -0.2) is 9.78 Å². The quantitative estimate of drug-likeness (QED) is 0.854. The third kappa shape index (κ3) is 2.47. The van der Waals surface area contributed by atoms with E-state index < -0.39 is 17.5 Å². The van der Waals surface area contributed by atoms with Gasteiger partial charge in [0.25, 0.3) is 0 Å². The summed E-state index contributed by atoms with van der Waals surface area (Å²) in [5, 5.41) is 6.97. The molecule has 0 bridgehead atoms. The lowest BCUT2D eigenvalue weighted by Crippen LogP contribution is -2.08. The lowest BCUT2D eigenvalue weighted by atomic mass is 10.1. The zero-order valence-electron chi connectivity index (χ0n) is 9.92. The van der Waals surface area contributed by atoms with Crippen LogP contribution in [-0.2, 0) is 7.05 Å². The second-order valence-corrected chi connectivity index (χ2v) is 4.07. The van der Waals surface area contributed by atoms with Gasteiger partial charge >= 0.3 is 0 Å². The molecule has 1 aromatic heterocycles. The van der Waals surface area contributed by atoms with Crippen molar-refractivity contribution < 1.29 is 13.2 Å². The minimum atomic E-state index is -1.45. The molecule has 0 radical (unpaired) electrons. The smallest absolute Gasteiger partial charge is 0.194 e. The number of rotatable bonds is 3.